The maximum absolute atomic E-state index is 12.2. The van der Waals surface area contributed by atoms with E-state index in [9.17, 15) is 14.4 Å². The van der Waals surface area contributed by atoms with E-state index in [1.807, 2.05) is 19.9 Å². The molecule has 8 nitrogen and oxygen atoms in total. The van der Waals surface area contributed by atoms with Crippen molar-refractivity contribution in [3.05, 3.63) is 59.2 Å². The van der Waals surface area contributed by atoms with Gasteiger partial charge in [-0.05, 0) is 50.6 Å². The maximum atomic E-state index is 12.2. The number of ether oxygens (including phenoxy) is 2. The Morgan fingerprint density at radius 3 is 2.34 bits per heavy atom. The molecule has 0 unspecified atom stereocenters. The van der Waals surface area contributed by atoms with Gasteiger partial charge in [0.25, 0.3) is 17.7 Å². The molecule has 2 aromatic carbocycles. The van der Waals surface area contributed by atoms with Crippen LogP contribution in [-0.2, 0) is 4.79 Å². The smallest absolute Gasteiger partial charge is 0.269 e. The highest BCUT2D eigenvalue weighted by atomic mass is 16.5. The van der Waals surface area contributed by atoms with Gasteiger partial charge in [0.05, 0.1) is 19.8 Å². The summed E-state index contributed by atoms with van der Waals surface area (Å²) in [5, 5.41) is 2.51. The van der Waals surface area contributed by atoms with Crippen molar-refractivity contribution in [1.29, 1.82) is 0 Å². The molecule has 0 saturated carbocycles. The third-order valence-corrected chi connectivity index (χ3v) is 3.90. The number of rotatable bonds is 7. The van der Waals surface area contributed by atoms with Crippen LogP contribution in [0.4, 0.5) is 0 Å². The number of hydrogen-bond acceptors (Lipinski definition) is 5. The maximum Gasteiger partial charge on any atom is 0.269 e. The zero-order valence-electron chi connectivity index (χ0n) is 16.9. The van der Waals surface area contributed by atoms with Crippen molar-refractivity contribution in [1.82, 2.24) is 16.2 Å². The zero-order valence-corrected chi connectivity index (χ0v) is 16.9. The molecule has 0 spiro atoms. The summed E-state index contributed by atoms with van der Waals surface area (Å²) < 4.78 is 10.8. The molecule has 0 aromatic heterocycles. The van der Waals surface area contributed by atoms with Gasteiger partial charge in [-0.15, -0.1) is 0 Å². The summed E-state index contributed by atoms with van der Waals surface area (Å²) in [7, 11) is 1.48. The van der Waals surface area contributed by atoms with E-state index in [1.54, 1.807) is 37.3 Å². The fourth-order valence-electron chi connectivity index (χ4n) is 2.49. The number of nitrogens with one attached hydrogen (secondary N) is 3. The molecule has 0 fully saturated rings. The van der Waals surface area contributed by atoms with Gasteiger partial charge in [0.1, 0.15) is 0 Å². The van der Waals surface area contributed by atoms with Crippen LogP contribution in [0.3, 0.4) is 0 Å². The lowest BCUT2D eigenvalue weighted by molar-refractivity contribution is -0.120. The fourth-order valence-corrected chi connectivity index (χ4v) is 2.49. The van der Waals surface area contributed by atoms with E-state index in [2.05, 4.69) is 16.2 Å². The van der Waals surface area contributed by atoms with E-state index in [4.69, 9.17) is 9.47 Å². The largest absolute Gasteiger partial charge is 0.493 e. The minimum Gasteiger partial charge on any atom is -0.493 e. The molecular weight excluding hydrogens is 374 g/mol. The first-order valence-electron chi connectivity index (χ1n) is 9.09. The second kappa shape index (κ2) is 10.1. The van der Waals surface area contributed by atoms with Crippen LogP contribution in [-0.4, -0.2) is 37.5 Å². The van der Waals surface area contributed by atoms with Crippen LogP contribution in [0.1, 0.15) is 40.1 Å². The number of methoxy groups -OCH3 is 1. The third kappa shape index (κ3) is 6.24. The molecule has 154 valence electrons. The standard InChI is InChI=1S/C21H25N3O5/c1-13(2)29-17-10-9-15(11-18(17)28-4)20(26)24-23-19(25)12-22-21(27)16-8-6-5-7-14(16)3/h5-11,13H,12H2,1-4H3,(H,22,27)(H,23,25)(H,24,26). The van der Waals surface area contributed by atoms with E-state index >= 15 is 0 Å². The number of hydrogen-bond donors (Lipinski definition) is 3. The summed E-state index contributed by atoms with van der Waals surface area (Å²) in [6.45, 7) is 5.29. The summed E-state index contributed by atoms with van der Waals surface area (Å²) in [6.07, 6.45) is -0.0438. The van der Waals surface area contributed by atoms with Crippen LogP contribution in [0.25, 0.3) is 0 Å². The molecule has 0 radical (unpaired) electrons. The summed E-state index contributed by atoms with van der Waals surface area (Å²) in [4.78, 5) is 36.3. The van der Waals surface area contributed by atoms with Crippen LogP contribution < -0.4 is 25.6 Å². The molecule has 8 heteroatoms. The summed E-state index contributed by atoms with van der Waals surface area (Å²) in [5.41, 5.74) is 6.13. The molecular formula is C21H25N3O5. The molecule has 0 aliphatic heterocycles. The van der Waals surface area contributed by atoms with Gasteiger partial charge in [-0.3, -0.25) is 25.2 Å². The van der Waals surface area contributed by atoms with Crippen LogP contribution >= 0.6 is 0 Å². The quantitative estimate of drug-likeness (QED) is 0.618. The summed E-state index contributed by atoms with van der Waals surface area (Å²) in [6, 6.07) is 11.7. The lowest BCUT2D eigenvalue weighted by Crippen LogP contribution is -2.46. The fraction of sp³-hybridized carbons (Fsp3) is 0.286. The summed E-state index contributed by atoms with van der Waals surface area (Å²) >= 11 is 0. The first kappa shape index (κ1) is 21.7. The highest BCUT2D eigenvalue weighted by molar-refractivity contribution is 5.99. The van der Waals surface area contributed by atoms with E-state index in [0.29, 0.717) is 17.1 Å². The minimum absolute atomic E-state index is 0.0438. The Morgan fingerprint density at radius 2 is 1.69 bits per heavy atom. The number of amides is 3. The van der Waals surface area contributed by atoms with Crippen LogP contribution in [0.15, 0.2) is 42.5 Å². The van der Waals surface area contributed by atoms with Crippen molar-refractivity contribution >= 4 is 17.7 Å². The number of carbonyl (C=O) groups excluding carboxylic acids is 3. The van der Waals surface area contributed by atoms with Crippen molar-refractivity contribution in [2.45, 2.75) is 26.9 Å². The van der Waals surface area contributed by atoms with E-state index < -0.39 is 11.8 Å². The van der Waals surface area contributed by atoms with Crippen molar-refractivity contribution < 1.29 is 23.9 Å². The molecule has 2 rings (SSSR count). The van der Waals surface area contributed by atoms with E-state index in [0.717, 1.165) is 5.56 Å². The van der Waals surface area contributed by atoms with Crippen LogP contribution in [0.2, 0.25) is 0 Å². The van der Waals surface area contributed by atoms with Gasteiger partial charge in [0, 0.05) is 11.1 Å². The Kier molecular flexibility index (Phi) is 7.59. The van der Waals surface area contributed by atoms with E-state index in [1.165, 1.54) is 13.2 Å². The van der Waals surface area contributed by atoms with Gasteiger partial charge in [-0.1, -0.05) is 18.2 Å². The molecule has 0 bridgehead atoms. The van der Waals surface area contributed by atoms with E-state index in [-0.39, 0.29) is 24.1 Å². The van der Waals surface area contributed by atoms with Gasteiger partial charge in [-0.2, -0.15) is 0 Å². The Balaban J connectivity index is 1.87. The Morgan fingerprint density at radius 1 is 0.966 bits per heavy atom. The average molecular weight is 399 g/mol. The third-order valence-electron chi connectivity index (χ3n) is 3.90. The highest BCUT2D eigenvalue weighted by Gasteiger charge is 2.14. The molecule has 0 heterocycles. The number of carbonyl (C=O) groups is 3. The molecule has 3 N–H and O–H groups in total. The van der Waals surface area contributed by atoms with Crippen molar-refractivity contribution in [2.24, 2.45) is 0 Å². The second-order valence-electron chi connectivity index (χ2n) is 6.53. The number of benzene rings is 2. The second-order valence-corrected chi connectivity index (χ2v) is 6.53. The lowest BCUT2D eigenvalue weighted by Gasteiger charge is -2.14. The van der Waals surface area contributed by atoms with Crippen molar-refractivity contribution in [2.75, 3.05) is 13.7 Å². The van der Waals surface area contributed by atoms with Gasteiger partial charge in [0.15, 0.2) is 11.5 Å². The van der Waals surface area contributed by atoms with Gasteiger partial charge in [-0.25, -0.2) is 0 Å². The predicted molar refractivity (Wildman–Crippen MR) is 108 cm³/mol. The molecule has 0 atom stereocenters. The monoisotopic (exact) mass is 399 g/mol. The van der Waals surface area contributed by atoms with Gasteiger partial charge in [0.2, 0.25) is 0 Å². The Hall–Kier alpha value is -3.55. The normalized spacial score (nSPS) is 10.2. The first-order valence-corrected chi connectivity index (χ1v) is 9.09. The molecule has 0 saturated heterocycles. The zero-order chi connectivity index (χ0) is 21.4. The molecule has 0 aliphatic carbocycles. The van der Waals surface area contributed by atoms with Gasteiger partial charge >= 0.3 is 0 Å². The Bertz CT molecular complexity index is 896. The van der Waals surface area contributed by atoms with Crippen LogP contribution in [0, 0.1) is 6.92 Å². The minimum atomic E-state index is -0.563. The first-order chi connectivity index (χ1) is 13.8. The summed E-state index contributed by atoms with van der Waals surface area (Å²) in [5.74, 6) is -0.537. The highest BCUT2D eigenvalue weighted by Crippen LogP contribution is 2.28. The molecule has 2 aromatic rings. The molecule has 29 heavy (non-hydrogen) atoms. The van der Waals surface area contributed by atoms with Crippen molar-refractivity contribution in [3.8, 4) is 11.5 Å². The number of hydrazine groups is 1. The molecule has 0 aliphatic rings. The molecule has 3 amide bonds. The van der Waals surface area contributed by atoms with Crippen molar-refractivity contribution in [3.63, 3.8) is 0 Å². The lowest BCUT2D eigenvalue weighted by atomic mass is 10.1. The SMILES string of the molecule is COc1cc(C(=O)NNC(=O)CNC(=O)c2ccccc2C)ccc1OC(C)C. The number of aryl methyl sites for hydroxylation is 1. The Labute approximate surface area is 169 Å². The predicted octanol–water partition coefficient (Wildman–Crippen LogP) is 1.98. The average Bonchev–Trinajstić information content (AvgIpc) is 2.70. The van der Waals surface area contributed by atoms with Gasteiger partial charge < -0.3 is 14.8 Å². The van der Waals surface area contributed by atoms with Crippen LogP contribution in [0.5, 0.6) is 11.5 Å². The topological polar surface area (TPSA) is 106 Å².